The molecule has 0 aromatic heterocycles. The number of carbonyl (C=O) groups excluding carboxylic acids is 1. The zero-order valence-corrected chi connectivity index (χ0v) is 15.0. The third-order valence-electron chi connectivity index (χ3n) is 4.37. The number of halogens is 1. The quantitative estimate of drug-likeness (QED) is 0.508. The van der Waals surface area contributed by atoms with Gasteiger partial charge in [-0.25, -0.2) is 4.79 Å². The van der Waals surface area contributed by atoms with Crippen molar-refractivity contribution in [2.45, 2.75) is 5.79 Å². The molecule has 3 aromatic rings. The molecule has 0 aliphatic carbocycles. The molecular formula is C22H16ClNO3. The Morgan fingerprint density at radius 2 is 1.59 bits per heavy atom. The first-order chi connectivity index (χ1) is 13.1. The van der Waals surface area contributed by atoms with E-state index in [1.807, 2.05) is 12.1 Å². The van der Waals surface area contributed by atoms with Gasteiger partial charge in [-0.05, 0) is 35.9 Å². The highest BCUT2D eigenvalue weighted by Crippen LogP contribution is 2.39. The number of carbonyl (C=O) groups is 1. The van der Waals surface area contributed by atoms with Crippen molar-refractivity contribution >= 4 is 29.3 Å². The molecule has 1 heterocycles. The van der Waals surface area contributed by atoms with Gasteiger partial charge in [-0.15, -0.1) is 0 Å². The number of rotatable bonds is 2. The monoisotopic (exact) mass is 377 g/mol. The van der Waals surface area contributed by atoms with Crippen LogP contribution in [0.4, 0.5) is 5.69 Å². The maximum atomic E-state index is 12.8. The Morgan fingerprint density at radius 3 is 2.33 bits per heavy atom. The van der Waals surface area contributed by atoms with Crippen LogP contribution in [0.5, 0.6) is 0 Å². The lowest BCUT2D eigenvalue weighted by molar-refractivity contribution is -0.191. The number of hydrogen-bond donors (Lipinski definition) is 2. The summed E-state index contributed by atoms with van der Waals surface area (Å²) in [5, 5.41) is 15.0. The fraction of sp³-hybridized carbons (Fsp3) is 0.0455. The molecule has 0 bridgehead atoms. The van der Waals surface area contributed by atoms with Crippen LogP contribution in [0.25, 0.3) is 6.08 Å². The van der Waals surface area contributed by atoms with E-state index in [1.54, 1.807) is 72.8 Å². The third kappa shape index (κ3) is 3.33. The standard InChI is InChI=1S/C22H16ClNO3/c23-17-12-10-15(11-13-17)14-20-21(25)27-22(26,16-6-2-1-3-7-16)18-8-4-5-9-19(18)24-20/h1-14,24,26H/b20-14+. The van der Waals surface area contributed by atoms with Gasteiger partial charge in [0.25, 0.3) is 5.79 Å². The summed E-state index contributed by atoms with van der Waals surface area (Å²) >= 11 is 5.92. The van der Waals surface area contributed by atoms with E-state index < -0.39 is 11.8 Å². The van der Waals surface area contributed by atoms with Gasteiger partial charge in [-0.3, -0.25) is 0 Å². The minimum Gasteiger partial charge on any atom is -0.419 e. The van der Waals surface area contributed by atoms with Crippen molar-refractivity contribution in [3.05, 3.63) is 106 Å². The lowest BCUT2D eigenvalue weighted by Crippen LogP contribution is -2.32. The minimum absolute atomic E-state index is 0.219. The maximum Gasteiger partial charge on any atom is 0.357 e. The van der Waals surface area contributed by atoms with Crippen molar-refractivity contribution in [3.8, 4) is 0 Å². The van der Waals surface area contributed by atoms with E-state index in [2.05, 4.69) is 5.32 Å². The molecular weight excluding hydrogens is 362 g/mol. The van der Waals surface area contributed by atoms with E-state index >= 15 is 0 Å². The molecule has 0 radical (unpaired) electrons. The van der Waals surface area contributed by atoms with Crippen molar-refractivity contribution < 1.29 is 14.6 Å². The Bertz CT molecular complexity index is 1020. The maximum absolute atomic E-state index is 12.8. The summed E-state index contributed by atoms with van der Waals surface area (Å²) in [4.78, 5) is 12.8. The first kappa shape index (κ1) is 17.3. The highest BCUT2D eigenvalue weighted by Gasteiger charge is 2.41. The Kier molecular flexibility index (Phi) is 4.44. The van der Waals surface area contributed by atoms with Crippen molar-refractivity contribution in [3.63, 3.8) is 0 Å². The third-order valence-corrected chi connectivity index (χ3v) is 4.62. The molecule has 3 aromatic carbocycles. The number of nitrogens with one attached hydrogen (secondary N) is 1. The predicted octanol–water partition coefficient (Wildman–Crippen LogP) is 4.54. The van der Waals surface area contributed by atoms with Gasteiger partial charge in [0, 0.05) is 16.3 Å². The van der Waals surface area contributed by atoms with Crippen LogP contribution in [0, 0.1) is 0 Å². The number of anilines is 1. The number of fused-ring (bicyclic) bond motifs is 1. The molecule has 4 rings (SSSR count). The molecule has 134 valence electrons. The highest BCUT2D eigenvalue weighted by molar-refractivity contribution is 6.30. The number of ether oxygens (including phenoxy) is 1. The number of benzene rings is 3. The van der Waals surface area contributed by atoms with E-state index in [1.165, 1.54) is 0 Å². The molecule has 0 fully saturated rings. The van der Waals surface area contributed by atoms with E-state index in [4.69, 9.17) is 16.3 Å². The molecule has 1 aliphatic rings. The first-order valence-corrected chi connectivity index (χ1v) is 8.79. The summed E-state index contributed by atoms with van der Waals surface area (Å²) in [6.07, 6.45) is 1.66. The van der Waals surface area contributed by atoms with Crippen LogP contribution >= 0.6 is 11.6 Å². The average molecular weight is 378 g/mol. The second-order valence-corrected chi connectivity index (χ2v) is 6.62. The van der Waals surface area contributed by atoms with E-state index in [-0.39, 0.29) is 5.70 Å². The number of esters is 1. The second-order valence-electron chi connectivity index (χ2n) is 6.18. The zero-order chi connectivity index (χ0) is 18.9. The summed E-state index contributed by atoms with van der Waals surface area (Å²) in [5.41, 5.74) is 2.53. The molecule has 2 N–H and O–H groups in total. The van der Waals surface area contributed by atoms with Gasteiger partial charge in [0.15, 0.2) is 0 Å². The number of hydrogen-bond acceptors (Lipinski definition) is 4. The van der Waals surface area contributed by atoms with Crippen molar-refractivity contribution in [1.82, 2.24) is 0 Å². The molecule has 1 atom stereocenters. The van der Waals surface area contributed by atoms with E-state index in [0.29, 0.717) is 21.8 Å². The van der Waals surface area contributed by atoms with Gasteiger partial charge in [-0.1, -0.05) is 66.2 Å². The Balaban J connectivity index is 1.83. The van der Waals surface area contributed by atoms with Gasteiger partial charge >= 0.3 is 5.97 Å². The lowest BCUT2D eigenvalue weighted by Gasteiger charge is -2.27. The fourth-order valence-electron chi connectivity index (χ4n) is 3.03. The topological polar surface area (TPSA) is 58.6 Å². The van der Waals surface area contributed by atoms with Gasteiger partial charge in [0.05, 0.1) is 5.56 Å². The predicted molar refractivity (Wildman–Crippen MR) is 105 cm³/mol. The van der Waals surface area contributed by atoms with E-state index in [0.717, 1.165) is 5.56 Å². The normalized spacial score (nSPS) is 20.4. The summed E-state index contributed by atoms with van der Waals surface area (Å²) in [5.74, 6) is -2.55. The molecule has 0 spiro atoms. The van der Waals surface area contributed by atoms with Gasteiger partial charge in [-0.2, -0.15) is 0 Å². The summed E-state index contributed by atoms with van der Waals surface area (Å²) in [6, 6.07) is 23.1. The van der Waals surface area contributed by atoms with Crippen LogP contribution in [0.1, 0.15) is 16.7 Å². The molecule has 0 saturated heterocycles. The molecule has 4 nitrogen and oxygen atoms in total. The van der Waals surface area contributed by atoms with Crippen LogP contribution in [-0.2, 0) is 15.3 Å². The van der Waals surface area contributed by atoms with Gasteiger partial charge < -0.3 is 15.2 Å². The Labute approximate surface area is 161 Å². The first-order valence-electron chi connectivity index (χ1n) is 8.41. The van der Waals surface area contributed by atoms with Crippen molar-refractivity contribution in [2.75, 3.05) is 5.32 Å². The van der Waals surface area contributed by atoms with Gasteiger partial charge in [0.1, 0.15) is 5.70 Å². The van der Waals surface area contributed by atoms with Gasteiger partial charge in [0.2, 0.25) is 0 Å². The largest absolute Gasteiger partial charge is 0.419 e. The van der Waals surface area contributed by atoms with Crippen molar-refractivity contribution in [2.24, 2.45) is 0 Å². The smallest absolute Gasteiger partial charge is 0.357 e. The highest BCUT2D eigenvalue weighted by atomic mass is 35.5. The second kappa shape index (κ2) is 6.91. The molecule has 0 saturated carbocycles. The van der Waals surface area contributed by atoms with Crippen LogP contribution in [0.15, 0.2) is 84.6 Å². The summed E-state index contributed by atoms with van der Waals surface area (Å²) < 4.78 is 5.58. The van der Waals surface area contributed by atoms with Crippen molar-refractivity contribution in [1.29, 1.82) is 0 Å². The number of para-hydroxylation sites is 1. The van der Waals surface area contributed by atoms with Crippen LogP contribution < -0.4 is 5.32 Å². The average Bonchev–Trinajstić information content (AvgIpc) is 2.80. The van der Waals surface area contributed by atoms with Crippen LogP contribution in [0.2, 0.25) is 5.02 Å². The van der Waals surface area contributed by atoms with E-state index in [9.17, 15) is 9.90 Å². The number of aliphatic hydroxyl groups is 1. The summed E-state index contributed by atoms with van der Waals surface area (Å²) in [7, 11) is 0. The molecule has 1 unspecified atom stereocenters. The molecule has 5 heteroatoms. The van der Waals surface area contributed by atoms with Crippen LogP contribution in [0.3, 0.4) is 0 Å². The molecule has 0 amide bonds. The van der Waals surface area contributed by atoms with Crippen LogP contribution in [-0.4, -0.2) is 11.1 Å². The Hall–Kier alpha value is -3.08. The minimum atomic E-state index is -1.89. The fourth-order valence-corrected chi connectivity index (χ4v) is 3.15. The molecule has 27 heavy (non-hydrogen) atoms. The Morgan fingerprint density at radius 1 is 0.926 bits per heavy atom. The zero-order valence-electron chi connectivity index (χ0n) is 14.2. The SMILES string of the molecule is O=C1OC(O)(c2ccccc2)c2ccccc2N/C1=C/c1ccc(Cl)cc1. The number of cyclic esters (lactones) is 1. The lowest BCUT2D eigenvalue weighted by atomic mass is 9.96. The molecule has 1 aliphatic heterocycles. The summed E-state index contributed by atoms with van der Waals surface area (Å²) in [6.45, 7) is 0.